The van der Waals surface area contributed by atoms with Crippen molar-refractivity contribution in [2.45, 2.75) is 72.7 Å². The maximum Gasteiger partial charge on any atom is 0.243 e. The van der Waals surface area contributed by atoms with Crippen molar-refractivity contribution in [1.29, 1.82) is 0 Å². The van der Waals surface area contributed by atoms with Gasteiger partial charge in [-0.05, 0) is 40.7 Å². The minimum absolute atomic E-state index is 0.231. The fourth-order valence-electron chi connectivity index (χ4n) is 3.22. The van der Waals surface area contributed by atoms with Gasteiger partial charge in [-0.3, -0.25) is 24.1 Å². The van der Waals surface area contributed by atoms with Crippen molar-refractivity contribution in [1.82, 2.24) is 15.5 Å². The fourth-order valence-corrected chi connectivity index (χ4v) is 3.22. The summed E-state index contributed by atoms with van der Waals surface area (Å²) in [6.07, 6.45) is -1.20. The molecule has 0 aliphatic carbocycles. The van der Waals surface area contributed by atoms with Crippen LogP contribution in [0.4, 0.5) is 0 Å². The summed E-state index contributed by atoms with van der Waals surface area (Å²) in [5, 5.41) is 16.0. The average Bonchev–Trinajstić information content (AvgIpc) is 2.78. The molecule has 0 spiro atoms. The molecule has 3 N–H and O–H groups in total. The summed E-state index contributed by atoms with van der Waals surface area (Å²) in [6.45, 7) is 11.4. The Kier molecular flexibility index (Phi) is 7.30. The van der Waals surface area contributed by atoms with Gasteiger partial charge in [0.15, 0.2) is 5.78 Å². The Morgan fingerprint density at radius 1 is 1.11 bits per heavy atom. The lowest BCUT2D eigenvalue weighted by Gasteiger charge is -2.31. The van der Waals surface area contributed by atoms with E-state index < -0.39 is 47.4 Å². The highest BCUT2D eigenvalue weighted by Gasteiger charge is 2.57. The van der Waals surface area contributed by atoms with E-state index in [-0.39, 0.29) is 17.6 Å². The normalized spacial score (nSPS) is 23.9. The number of aliphatic hydroxyl groups is 1. The predicted octanol–water partition coefficient (Wildman–Crippen LogP) is 0.0847. The molecule has 0 aromatic rings. The van der Waals surface area contributed by atoms with Gasteiger partial charge in [-0.1, -0.05) is 20.8 Å². The molecular weight excluding hydrogens is 350 g/mol. The molecule has 1 fully saturated rings. The molecule has 8 heteroatoms. The van der Waals surface area contributed by atoms with Gasteiger partial charge < -0.3 is 15.7 Å². The number of ketones is 1. The molecule has 1 unspecified atom stereocenters. The van der Waals surface area contributed by atoms with Crippen molar-refractivity contribution in [3.8, 4) is 0 Å². The zero-order valence-electron chi connectivity index (χ0n) is 17.5. The van der Waals surface area contributed by atoms with Gasteiger partial charge in [0.2, 0.25) is 17.7 Å². The number of rotatable bonds is 7. The number of nitrogens with one attached hydrogen (secondary N) is 2. The molecule has 0 saturated carbocycles. The molecule has 0 radical (unpaired) electrons. The standard InChI is InChI=1S/C19H33N3O5/c1-9(2)13-15(24)19(6,7)18(27)22(13)17(26)10(3)14(23)11(4)21-16(25)12(5)20-8/h9-14,20,23H,1-8H3,(H,21,25)/t10-,11+,12+,13?,14+/m1/s1. The summed E-state index contributed by atoms with van der Waals surface area (Å²) in [6, 6.07) is -2.00. The van der Waals surface area contributed by atoms with E-state index in [0.717, 1.165) is 4.90 Å². The summed E-state index contributed by atoms with van der Waals surface area (Å²) in [7, 11) is 1.64. The lowest BCUT2D eigenvalue weighted by Crippen LogP contribution is -2.54. The van der Waals surface area contributed by atoms with Gasteiger partial charge >= 0.3 is 0 Å². The van der Waals surface area contributed by atoms with E-state index >= 15 is 0 Å². The zero-order valence-corrected chi connectivity index (χ0v) is 17.5. The summed E-state index contributed by atoms with van der Waals surface area (Å²) in [5.41, 5.74) is -1.27. The first-order chi connectivity index (χ1) is 12.3. The molecule has 1 aliphatic rings. The number of nitrogens with zero attached hydrogens (tertiary/aromatic N) is 1. The highest BCUT2D eigenvalue weighted by atomic mass is 16.3. The van der Waals surface area contributed by atoms with Crippen LogP contribution in [0.1, 0.15) is 48.5 Å². The number of carbonyl (C=O) groups excluding carboxylic acids is 4. The van der Waals surface area contributed by atoms with E-state index in [4.69, 9.17) is 0 Å². The smallest absolute Gasteiger partial charge is 0.243 e. The second kappa shape index (κ2) is 8.48. The molecule has 154 valence electrons. The molecule has 1 heterocycles. The third kappa shape index (κ3) is 4.38. The number of hydrogen-bond acceptors (Lipinski definition) is 6. The fraction of sp³-hybridized carbons (Fsp3) is 0.789. The van der Waals surface area contributed by atoms with Crippen LogP contribution in [0.5, 0.6) is 0 Å². The Bertz CT molecular complexity index is 616. The highest BCUT2D eigenvalue weighted by molar-refractivity contribution is 6.19. The minimum Gasteiger partial charge on any atom is -0.390 e. The van der Waals surface area contributed by atoms with Gasteiger partial charge in [0.25, 0.3) is 0 Å². The number of likely N-dealkylation sites (N-methyl/N-ethyl adjacent to an activating group) is 1. The molecule has 1 rings (SSSR count). The average molecular weight is 383 g/mol. The van der Waals surface area contributed by atoms with Crippen molar-refractivity contribution >= 4 is 23.5 Å². The number of carbonyl (C=O) groups is 4. The Labute approximate surface area is 161 Å². The molecule has 0 aromatic carbocycles. The van der Waals surface area contributed by atoms with Crippen molar-refractivity contribution < 1.29 is 24.3 Å². The summed E-state index contributed by atoms with van der Waals surface area (Å²) < 4.78 is 0. The van der Waals surface area contributed by atoms with Crippen LogP contribution in [0.15, 0.2) is 0 Å². The molecule has 3 amide bonds. The van der Waals surface area contributed by atoms with Crippen LogP contribution in [0, 0.1) is 17.3 Å². The van der Waals surface area contributed by atoms with Crippen LogP contribution in [-0.2, 0) is 19.2 Å². The van der Waals surface area contributed by atoms with Crippen molar-refractivity contribution in [2.24, 2.45) is 17.3 Å². The molecule has 27 heavy (non-hydrogen) atoms. The van der Waals surface area contributed by atoms with Crippen LogP contribution in [0.3, 0.4) is 0 Å². The molecule has 1 aliphatic heterocycles. The maximum absolute atomic E-state index is 13.0. The van der Waals surface area contributed by atoms with Crippen LogP contribution in [0.2, 0.25) is 0 Å². The molecule has 1 saturated heterocycles. The van der Waals surface area contributed by atoms with E-state index in [1.165, 1.54) is 20.8 Å². The first kappa shape index (κ1) is 23.2. The van der Waals surface area contributed by atoms with Crippen molar-refractivity contribution in [3.05, 3.63) is 0 Å². The Balaban J connectivity index is 3.00. The lowest BCUT2D eigenvalue weighted by molar-refractivity contribution is -0.152. The Hall–Kier alpha value is -1.80. The van der Waals surface area contributed by atoms with Gasteiger partial charge in [-0.15, -0.1) is 0 Å². The molecule has 0 aromatic heterocycles. The van der Waals surface area contributed by atoms with Crippen LogP contribution in [-0.4, -0.2) is 64.8 Å². The Morgan fingerprint density at radius 2 is 1.63 bits per heavy atom. The number of amides is 3. The topological polar surface area (TPSA) is 116 Å². The summed E-state index contributed by atoms with van der Waals surface area (Å²) in [4.78, 5) is 51.3. The van der Waals surface area contributed by atoms with Crippen molar-refractivity contribution in [3.63, 3.8) is 0 Å². The number of aliphatic hydroxyl groups excluding tert-OH is 1. The molecule has 5 atom stereocenters. The number of likely N-dealkylation sites (tertiary alicyclic amines) is 1. The minimum atomic E-state index is -1.27. The summed E-state index contributed by atoms with van der Waals surface area (Å²) >= 11 is 0. The van der Waals surface area contributed by atoms with Gasteiger partial charge in [-0.25, -0.2) is 0 Å². The van der Waals surface area contributed by atoms with Crippen LogP contribution < -0.4 is 10.6 Å². The van der Waals surface area contributed by atoms with Gasteiger partial charge in [0, 0.05) is 0 Å². The monoisotopic (exact) mass is 383 g/mol. The van der Waals surface area contributed by atoms with E-state index in [2.05, 4.69) is 10.6 Å². The largest absolute Gasteiger partial charge is 0.390 e. The molecule has 0 bridgehead atoms. The van der Waals surface area contributed by atoms with Gasteiger partial charge in [0.05, 0.1) is 24.1 Å². The van der Waals surface area contributed by atoms with E-state index in [1.54, 1.807) is 34.7 Å². The second-order valence-electron chi connectivity index (χ2n) is 8.28. The Morgan fingerprint density at radius 3 is 2.07 bits per heavy atom. The van der Waals surface area contributed by atoms with E-state index in [9.17, 15) is 24.3 Å². The van der Waals surface area contributed by atoms with Crippen molar-refractivity contribution in [2.75, 3.05) is 7.05 Å². The first-order valence-corrected chi connectivity index (χ1v) is 9.36. The van der Waals surface area contributed by atoms with Crippen LogP contribution >= 0.6 is 0 Å². The molecular formula is C19H33N3O5. The maximum atomic E-state index is 13.0. The van der Waals surface area contributed by atoms with E-state index in [0.29, 0.717) is 0 Å². The zero-order chi connectivity index (χ0) is 21.3. The highest BCUT2D eigenvalue weighted by Crippen LogP contribution is 2.36. The second-order valence-corrected chi connectivity index (χ2v) is 8.28. The quantitative estimate of drug-likeness (QED) is 0.537. The number of hydrogen-bond donors (Lipinski definition) is 3. The van der Waals surface area contributed by atoms with E-state index in [1.807, 2.05) is 0 Å². The van der Waals surface area contributed by atoms with Gasteiger partial charge in [0.1, 0.15) is 11.5 Å². The number of Topliss-reactive ketones (excluding diaryl/α,β-unsaturated/α-hetero) is 1. The third-order valence-corrected chi connectivity index (χ3v) is 5.40. The lowest BCUT2D eigenvalue weighted by atomic mass is 9.85. The van der Waals surface area contributed by atoms with Crippen LogP contribution in [0.25, 0.3) is 0 Å². The number of imide groups is 1. The summed E-state index contributed by atoms with van der Waals surface area (Å²) in [5.74, 6) is -2.94. The first-order valence-electron chi connectivity index (χ1n) is 9.36. The predicted molar refractivity (Wildman–Crippen MR) is 101 cm³/mol. The third-order valence-electron chi connectivity index (χ3n) is 5.40. The SMILES string of the molecule is CN[C@@H](C)C(=O)N[C@@H](C)[C@@H](O)[C@@H](C)C(=O)N1C(=O)C(C)(C)C(=O)C1C(C)C. The molecule has 8 nitrogen and oxygen atoms in total. The van der Waals surface area contributed by atoms with Gasteiger partial charge in [-0.2, -0.15) is 0 Å².